The highest BCUT2D eigenvalue weighted by atomic mass is 16.5. The first-order valence-electron chi connectivity index (χ1n) is 9.46. The molecule has 4 unspecified atom stereocenters. The molecule has 0 aromatic carbocycles. The van der Waals surface area contributed by atoms with Crippen LogP contribution in [0.15, 0.2) is 0 Å². The van der Waals surface area contributed by atoms with Crippen LogP contribution in [0.1, 0.15) is 86.5 Å². The second-order valence-corrected chi connectivity index (χ2v) is 7.60. The lowest BCUT2D eigenvalue weighted by Crippen LogP contribution is -2.28. The van der Waals surface area contributed by atoms with E-state index in [1.54, 1.807) is 0 Å². The fourth-order valence-corrected chi connectivity index (χ4v) is 3.63. The smallest absolute Gasteiger partial charge is 0.0493 e. The van der Waals surface area contributed by atoms with Crippen LogP contribution in [0, 0.1) is 29.6 Å². The second-order valence-electron chi connectivity index (χ2n) is 7.60. The first-order chi connectivity index (χ1) is 9.97. The molecule has 1 nitrogen and oxygen atoms in total. The van der Waals surface area contributed by atoms with E-state index < -0.39 is 0 Å². The number of hydrogen-bond donors (Lipinski definition) is 0. The zero-order valence-electron chi connectivity index (χ0n) is 16.0. The molecule has 21 heavy (non-hydrogen) atoms. The van der Waals surface area contributed by atoms with E-state index in [9.17, 15) is 0 Å². The molecule has 0 aliphatic carbocycles. The summed E-state index contributed by atoms with van der Waals surface area (Å²) in [7, 11) is 1.86. The van der Waals surface area contributed by atoms with Crippen molar-refractivity contribution in [1.82, 2.24) is 0 Å². The Morgan fingerprint density at radius 3 is 1.81 bits per heavy atom. The molecule has 0 radical (unpaired) electrons. The third-order valence-corrected chi connectivity index (χ3v) is 5.40. The molecule has 1 heteroatoms. The van der Waals surface area contributed by atoms with Crippen LogP contribution in [0.5, 0.6) is 0 Å². The summed E-state index contributed by atoms with van der Waals surface area (Å²) in [5.74, 6) is 4.07. The molecule has 0 saturated heterocycles. The van der Waals surface area contributed by atoms with Gasteiger partial charge in [0.05, 0.1) is 0 Å². The number of rotatable bonds is 13. The Morgan fingerprint density at radius 1 is 0.714 bits per heavy atom. The Balaban J connectivity index is 4.63. The highest BCUT2D eigenvalue weighted by molar-refractivity contribution is 4.77. The minimum Gasteiger partial charge on any atom is -0.384 e. The number of unbranched alkanes of at least 4 members (excludes halogenated alkanes) is 1. The van der Waals surface area contributed by atoms with Gasteiger partial charge in [-0.05, 0) is 42.4 Å². The maximum Gasteiger partial charge on any atom is 0.0493 e. The van der Waals surface area contributed by atoms with Crippen LogP contribution < -0.4 is 0 Å². The van der Waals surface area contributed by atoms with Gasteiger partial charge in [-0.3, -0.25) is 0 Å². The van der Waals surface area contributed by atoms with Gasteiger partial charge in [-0.25, -0.2) is 0 Å². The normalized spacial score (nSPS) is 17.7. The summed E-state index contributed by atoms with van der Waals surface area (Å²) in [6.45, 7) is 15.2. The molecule has 0 bridgehead atoms. The molecule has 0 amide bonds. The molecule has 0 spiro atoms. The van der Waals surface area contributed by atoms with E-state index in [2.05, 4.69) is 41.5 Å². The minimum atomic E-state index is 0.739. The first-order valence-corrected chi connectivity index (χ1v) is 9.46. The summed E-state index contributed by atoms with van der Waals surface area (Å²) in [6, 6.07) is 0. The van der Waals surface area contributed by atoms with E-state index in [1.807, 2.05) is 7.11 Å². The largest absolute Gasteiger partial charge is 0.384 e. The van der Waals surface area contributed by atoms with E-state index in [0.717, 1.165) is 36.2 Å². The van der Waals surface area contributed by atoms with Gasteiger partial charge in [-0.15, -0.1) is 0 Å². The van der Waals surface area contributed by atoms with Gasteiger partial charge in [0.15, 0.2) is 0 Å². The van der Waals surface area contributed by atoms with Gasteiger partial charge in [0.2, 0.25) is 0 Å². The Hall–Kier alpha value is -0.0400. The van der Waals surface area contributed by atoms with Crippen molar-refractivity contribution in [2.75, 3.05) is 13.7 Å². The first kappa shape index (κ1) is 21.0. The monoisotopic (exact) mass is 298 g/mol. The van der Waals surface area contributed by atoms with Gasteiger partial charge in [0.25, 0.3) is 0 Å². The number of hydrogen-bond acceptors (Lipinski definition) is 1. The summed E-state index contributed by atoms with van der Waals surface area (Å²) in [5, 5.41) is 0. The molecule has 4 atom stereocenters. The van der Waals surface area contributed by atoms with Crippen molar-refractivity contribution in [1.29, 1.82) is 0 Å². The van der Waals surface area contributed by atoms with Crippen molar-refractivity contribution < 1.29 is 4.74 Å². The zero-order chi connectivity index (χ0) is 16.3. The van der Waals surface area contributed by atoms with Gasteiger partial charge >= 0.3 is 0 Å². The molecule has 0 aliphatic rings. The van der Waals surface area contributed by atoms with E-state index in [4.69, 9.17) is 4.74 Å². The molecule has 0 heterocycles. The van der Waals surface area contributed by atoms with Gasteiger partial charge in [-0.2, -0.15) is 0 Å². The summed E-state index contributed by atoms with van der Waals surface area (Å²) in [5.41, 5.74) is 0. The van der Waals surface area contributed by atoms with Crippen LogP contribution >= 0.6 is 0 Å². The molecule has 0 N–H and O–H groups in total. The Labute approximate surface area is 135 Å². The van der Waals surface area contributed by atoms with Crippen LogP contribution in [0.25, 0.3) is 0 Å². The SMILES string of the molecule is CCCCC(COC)C(C)C(C)C(CCC)CCC(C)C. The molecule has 0 aromatic heterocycles. The lowest BCUT2D eigenvalue weighted by Gasteiger charge is -2.34. The zero-order valence-corrected chi connectivity index (χ0v) is 16.0. The fourth-order valence-electron chi connectivity index (χ4n) is 3.63. The summed E-state index contributed by atoms with van der Waals surface area (Å²) in [4.78, 5) is 0. The molecule has 0 fully saturated rings. The van der Waals surface area contributed by atoms with Gasteiger partial charge in [0.1, 0.15) is 0 Å². The summed E-state index contributed by atoms with van der Waals surface area (Å²) >= 11 is 0. The van der Waals surface area contributed by atoms with Crippen molar-refractivity contribution in [3.8, 4) is 0 Å². The second kappa shape index (κ2) is 12.5. The Morgan fingerprint density at radius 2 is 1.33 bits per heavy atom. The maximum atomic E-state index is 5.51. The van der Waals surface area contributed by atoms with Crippen LogP contribution in [0.4, 0.5) is 0 Å². The van der Waals surface area contributed by atoms with E-state index in [1.165, 1.54) is 44.9 Å². The molecule has 0 rings (SSSR count). The number of methoxy groups -OCH3 is 1. The van der Waals surface area contributed by atoms with Crippen LogP contribution in [-0.2, 0) is 4.74 Å². The van der Waals surface area contributed by atoms with Gasteiger partial charge in [0, 0.05) is 13.7 Å². The summed E-state index contributed by atoms with van der Waals surface area (Å²) < 4.78 is 5.51. The third kappa shape index (κ3) is 8.86. The average Bonchev–Trinajstić information content (AvgIpc) is 2.46. The van der Waals surface area contributed by atoms with Crippen LogP contribution in [-0.4, -0.2) is 13.7 Å². The van der Waals surface area contributed by atoms with E-state index in [-0.39, 0.29) is 0 Å². The quantitative estimate of drug-likeness (QED) is 0.374. The molecule has 0 aliphatic heterocycles. The van der Waals surface area contributed by atoms with Gasteiger partial charge in [-0.1, -0.05) is 73.6 Å². The lowest BCUT2D eigenvalue weighted by molar-refractivity contribution is 0.0791. The summed E-state index contributed by atoms with van der Waals surface area (Å²) in [6.07, 6.45) is 9.48. The standard InChI is InChI=1S/C20H42O/c1-8-10-12-20(15-21-7)18(6)17(5)19(11-9-2)14-13-16(3)4/h16-20H,8-15H2,1-7H3. The van der Waals surface area contributed by atoms with Crippen molar-refractivity contribution in [3.05, 3.63) is 0 Å². The highest BCUT2D eigenvalue weighted by Crippen LogP contribution is 2.35. The Bertz CT molecular complexity index is 224. The van der Waals surface area contributed by atoms with Crippen molar-refractivity contribution in [3.63, 3.8) is 0 Å². The van der Waals surface area contributed by atoms with Crippen LogP contribution in [0.2, 0.25) is 0 Å². The van der Waals surface area contributed by atoms with E-state index in [0.29, 0.717) is 0 Å². The maximum absolute atomic E-state index is 5.51. The predicted octanol–water partition coefficient (Wildman–Crippen LogP) is 6.56. The minimum absolute atomic E-state index is 0.739. The fraction of sp³-hybridized carbons (Fsp3) is 1.00. The predicted molar refractivity (Wildman–Crippen MR) is 95.7 cm³/mol. The van der Waals surface area contributed by atoms with Crippen molar-refractivity contribution in [2.45, 2.75) is 86.5 Å². The average molecular weight is 299 g/mol. The van der Waals surface area contributed by atoms with Crippen molar-refractivity contribution in [2.24, 2.45) is 29.6 Å². The third-order valence-electron chi connectivity index (χ3n) is 5.40. The topological polar surface area (TPSA) is 9.23 Å². The van der Waals surface area contributed by atoms with Crippen molar-refractivity contribution >= 4 is 0 Å². The molecule has 128 valence electrons. The molecular formula is C20H42O. The number of ether oxygens (including phenoxy) is 1. The molecular weight excluding hydrogens is 256 g/mol. The highest BCUT2D eigenvalue weighted by Gasteiger charge is 2.27. The van der Waals surface area contributed by atoms with E-state index >= 15 is 0 Å². The lowest BCUT2D eigenvalue weighted by atomic mass is 9.72. The Kier molecular flexibility index (Phi) is 12.5. The van der Waals surface area contributed by atoms with Crippen LogP contribution in [0.3, 0.4) is 0 Å². The molecule has 0 aromatic rings. The molecule has 0 saturated carbocycles. The van der Waals surface area contributed by atoms with Gasteiger partial charge < -0.3 is 4.74 Å².